The Kier molecular flexibility index (Phi) is 3.97. The third kappa shape index (κ3) is 2.76. The Balaban J connectivity index is 2.31. The Labute approximate surface area is 115 Å². The molecule has 1 heterocycles. The number of aromatic amines is 1. The van der Waals surface area contributed by atoms with Gasteiger partial charge in [-0.1, -0.05) is 6.92 Å². The molecule has 0 bridgehead atoms. The highest BCUT2D eigenvalue weighted by atomic mass is 16.4. The van der Waals surface area contributed by atoms with Gasteiger partial charge < -0.3 is 10.0 Å². The highest BCUT2D eigenvalue weighted by Crippen LogP contribution is 2.15. The lowest BCUT2D eigenvalue weighted by molar-refractivity contribution is -0.138. The van der Waals surface area contributed by atoms with Crippen LogP contribution in [0.5, 0.6) is 0 Å². The van der Waals surface area contributed by atoms with E-state index in [1.54, 1.807) is 18.2 Å². The van der Waals surface area contributed by atoms with Crippen LogP contribution in [0.15, 0.2) is 18.2 Å². The van der Waals surface area contributed by atoms with E-state index in [-0.39, 0.29) is 18.5 Å². The molecule has 1 unspecified atom stereocenters. The fraction of sp³-hybridized carbons (Fsp3) is 0.385. The highest BCUT2D eigenvalue weighted by Gasteiger charge is 2.23. The first kappa shape index (κ1) is 14.0. The summed E-state index contributed by atoms with van der Waals surface area (Å²) in [6, 6.07) is 4.77. The Morgan fingerprint density at radius 2 is 2.05 bits per heavy atom. The van der Waals surface area contributed by atoms with Crippen LogP contribution in [0.2, 0.25) is 0 Å². The van der Waals surface area contributed by atoms with E-state index in [0.717, 1.165) is 0 Å². The normalized spacial score (nSPS) is 12.3. The smallest absolute Gasteiger partial charge is 0.323 e. The Bertz CT molecular complexity index is 637. The van der Waals surface area contributed by atoms with Gasteiger partial charge in [-0.2, -0.15) is 15.4 Å². The van der Waals surface area contributed by atoms with Crippen molar-refractivity contribution in [3.63, 3.8) is 0 Å². The molecule has 0 aliphatic heterocycles. The third-order valence-electron chi connectivity index (χ3n) is 3.25. The maximum absolute atomic E-state index is 12.5. The van der Waals surface area contributed by atoms with Crippen molar-refractivity contribution >= 4 is 22.9 Å². The monoisotopic (exact) mass is 276 g/mol. The highest BCUT2D eigenvalue weighted by molar-refractivity contribution is 5.98. The molecule has 7 nitrogen and oxygen atoms in total. The van der Waals surface area contributed by atoms with Crippen LogP contribution in [0, 0.1) is 0 Å². The molecule has 0 saturated heterocycles. The quantitative estimate of drug-likeness (QED) is 0.857. The summed E-state index contributed by atoms with van der Waals surface area (Å²) < 4.78 is 0. The van der Waals surface area contributed by atoms with Crippen LogP contribution in [0.4, 0.5) is 0 Å². The van der Waals surface area contributed by atoms with Crippen LogP contribution >= 0.6 is 0 Å². The number of rotatable bonds is 5. The number of H-pyrrole nitrogens is 1. The summed E-state index contributed by atoms with van der Waals surface area (Å²) in [6.07, 6.45) is 0.686. The minimum Gasteiger partial charge on any atom is -0.480 e. The summed E-state index contributed by atoms with van der Waals surface area (Å²) in [6.45, 7) is 3.42. The van der Waals surface area contributed by atoms with E-state index in [1.165, 1.54) is 4.90 Å². The second kappa shape index (κ2) is 5.68. The van der Waals surface area contributed by atoms with Gasteiger partial charge in [0.05, 0.1) is 0 Å². The van der Waals surface area contributed by atoms with E-state index < -0.39 is 5.97 Å². The Morgan fingerprint density at radius 3 is 2.70 bits per heavy atom. The molecule has 0 aliphatic carbocycles. The molecule has 0 radical (unpaired) electrons. The van der Waals surface area contributed by atoms with Gasteiger partial charge in [0.25, 0.3) is 5.91 Å². The van der Waals surface area contributed by atoms with E-state index in [9.17, 15) is 9.59 Å². The van der Waals surface area contributed by atoms with Crippen molar-refractivity contribution in [2.45, 2.75) is 26.3 Å². The summed E-state index contributed by atoms with van der Waals surface area (Å²) in [4.78, 5) is 24.7. The summed E-state index contributed by atoms with van der Waals surface area (Å²) in [5, 5.41) is 19.3. The van der Waals surface area contributed by atoms with Gasteiger partial charge in [0.1, 0.15) is 17.6 Å². The number of nitrogens with one attached hydrogen (secondary N) is 1. The lowest BCUT2D eigenvalue weighted by Gasteiger charge is -2.26. The zero-order valence-corrected chi connectivity index (χ0v) is 11.3. The van der Waals surface area contributed by atoms with Gasteiger partial charge in [0.2, 0.25) is 0 Å². The number of nitrogens with zero attached hydrogens (tertiary/aromatic N) is 3. The molecule has 7 heteroatoms. The second-order valence-electron chi connectivity index (χ2n) is 4.61. The first-order valence-corrected chi connectivity index (χ1v) is 6.36. The van der Waals surface area contributed by atoms with Crippen LogP contribution in [-0.4, -0.2) is 49.9 Å². The largest absolute Gasteiger partial charge is 0.480 e. The molecule has 2 rings (SSSR count). The molecule has 0 fully saturated rings. The molecular weight excluding hydrogens is 260 g/mol. The van der Waals surface area contributed by atoms with Crippen LogP contribution < -0.4 is 0 Å². The molecular formula is C13H16N4O3. The fourth-order valence-electron chi connectivity index (χ4n) is 1.93. The van der Waals surface area contributed by atoms with Crippen molar-refractivity contribution in [3.05, 3.63) is 23.8 Å². The van der Waals surface area contributed by atoms with E-state index in [4.69, 9.17) is 5.11 Å². The van der Waals surface area contributed by atoms with Crippen LogP contribution in [-0.2, 0) is 4.79 Å². The predicted molar refractivity (Wildman–Crippen MR) is 72.3 cm³/mol. The first-order valence-electron chi connectivity index (χ1n) is 6.36. The average molecular weight is 276 g/mol. The van der Waals surface area contributed by atoms with Crippen LogP contribution in [0.25, 0.3) is 11.0 Å². The maximum Gasteiger partial charge on any atom is 0.323 e. The van der Waals surface area contributed by atoms with E-state index >= 15 is 0 Å². The zero-order valence-electron chi connectivity index (χ0n) is 11.3. The number of carboxylic acids is 1. The molecule has 1 aromatic carbocycles. The molecule has 0 aliphatic rings. The number of carbonyl (C=O) groups excluding carboxylic acids is 1. The van der Waals surface area contributed by atoms with Gasteiger partial charge in [-0.15, -0.1) is 0 Å². The SMILES string of the molecule is CCC(C)N(CC(=O)O)C(=O)c1ccc2n[nH]nc2c1. The number of hydrogen-bond donors (Lipinski definition) is 2. The van der Waals surface area contributed by atoms with Crippen molar-refractivity contribution in [1.82, 2.24) is 20.3 Å². The number of fused-ring (bicyclic) bond motifs is 1. The number of hydrogen-bond acceptors (Lipinski definition) is 4. The van der Waals surface area contributed by atoms with Gasteiger partial charge in [0, 0.05) is 11.6 Å². The van der Waals surface area contributed by atoms with Gasteiger partial charge in [-0.25, -0.2) is 0 Å². The molecule has 2 N–H and O–H groups in total. The van der Waals surface area contributed by atoms with Gasteiger partial charge in [0.15, 0.2) is 0 Å². The van der Waals surface area contributed by atoms with Gasteiger partial charge in [-0.05, 0) is 31.5 Å². The number of amides is 1. The van der Waals surface area contributed by atoms with Crippen molar-refractivity contribution in [2.75, 3.05) is 6.54 Å². The molecule has 106 valence electrons. The van der Waals surface area contributed by atoms with E-state index in [1.807, 2.05) is 13.8 Å². The third-order valence-corrected chi connectivity index (χ3v) is 3.25. The van der Waals surface area contributed by atoms with Gasteiger partial charge >= 0.3 is 5.97 Å². The lowest BCUT2D eigenvalue weighted by atomic mass is 10.1. The van der Waals surface area contributed by atoms with Crippen molar-refractivity contribution in [2.24, 2.45) is 0 Å². The number of carbonyl (C=O) groups is 2. The van der Waals surface area contributed by atoms with Crippen molar-refractivity contribution in [3.8, 4) is 0 Å². The predicted octanol–water partition coefficient (Wildman–Crippen LogP) is 1.28. The number of aromatic nitrogens is 3. The minimum atomic E-state index is -1.03. The fourth-order valence-corrected chi connectivity index (χ4v) is 1.93. The standard InChI is InChI=1S/C13H16N4O3/c1-3-8(2)17(7-12(18)19)13(20)9-4-5-10-11(6-9)15-16-14-10/h4-6,8H,3,7H2,1-2H3,(H,18,19)(H,14,15,16). The maximum atomic E-state index is 12.5. The van der Waals surface area contributed by atoms with Crippen molar-refractivity contribution in [1.29, 1.82) is 0 Å². The molecule has 0 saturated carbocycles. The summed E-state index contributed by atoms with van der Waals surface area (Å²) >= 11 is 0. The Morgan fingerprint density at radius 1 is 1.35 bits per heavy atom. The van der Waals surface area contributed by atoms with E-state index in [2.05, 4.69) is 15.4 Å². The Hall–Kier alpha value is -2.44. The van der Waals surface area contributed by atoms with Gasteiger partial charge in [-0.3, -0.25) is 9.59 Å². The average Bonchev–Trinajstić information content (AvgIpc) is 2.90. The summed E-state index contributed by atoms with van der Waals surface area (Å²) in [7, 11) is 0. The molecule has 1 amide bonds. The number of benzene rings is 1. The number of aliphatic carboxylic acids is 1. The topological polar surface area (TPSA) is 99.2 Å². The second-order valence-corrected chi connectivity index (χ2v) is 4.61. The number of carboxylic acid groups (broad SMARTS) is 1. The minimum absolute atomic E-state index is 0.147. The molecule has 20 heavy (non-hydrogen) atoms. The molecule has 1 aromatic heterocycles. The molecule has 0 spiro atoms. The van der Waals surface area contributed by atoms with Crippen molar-refractivity contribution < 1.29 is 14.7 Å². The summed E-state index contributed by atoms with van der Waals surface area (Å²) in [5.74, 6) is -1.34. The van der Waals surface area contributed by atoms with Crippen LogP contribution in [0.1, 0.15) is 30.6 Å². The first-order chi connectivity index (χ1) is 9.52. The van der Waals surface area contributed by atoms with E-state index in [0.29, 0.717) is 23.0 Å². The molecule has 2 aromatic rings. The zero-order chi connectivity index (χ0) is 14.7. The summed E-state index contributed by atoms with van der Waals surface area (Å²) in [5.41, 5.74) is 1.65. The lowest BCUT2D eigenvalue weighted by Crippen LogP contribution is -2.41. The molecule has 1 atom stereocenters. The van der Waals surface area contributed by atoms with Crippen LogP contribution in [0.3, 0.4) is 0 Å².